The van der Waals surface area contributed by atoms with E-state index in [0.717, 1.165) is 11.5 Å². The molecule has 1 atom stereocenters. The number of ether oxygens (including phenoxy) is 1. The number of alkyl halides is 1. The molecule has 1 heterocycles. The van der Waals surface area contributed by atoms with Gasteiger partial charge in [0, 0.05) is 25.4 Å². The van der Waals surface area contributed by atoms with Crippen molar-refractivity contribution in [2.24, 2.45) is 0 Å². The Kier molecular flexibility index (Phi) is 4.62. The maximum absolute atomic E-state index is 5.76. The predicted molar refractivity (Wildman–Crippen MR) is 56.8 cm³/mol. The van der Waals surface area contributed by atoms with Crippen LogP contribution in [0.2, 0.25) is 0 Å². The minimum atomic E-state index is 0.0667. The van der Waals surface area contributed by atoms with Crippen molar-refractivity contribution < 1.29 is 4.74 Å². The predicted octanol–water partition coefficient (Wildman–Crippen LogP) is 1.45. The fourth-order valence-corrected chi connectivity index (χ4v) is 1.23. The first-order valence-electron chi connectivity index (χ1n) is 4.37. The van der Waals surface area contributed by atoms with Crippen LogP contribution in [0.15, 0.2) is 12.4 Å². The van der Waals surface area contributed by atoms with Crippen molar-refractivity contribution in [3.05, 3.63) is 18.1 Å². The summed E-state index contributed by atoms with van der Waals surface area (Å²) >= 11 is 5.76. The van der Waals surface area contributed by atoms with Crippen molar-refractivity contribution in [1.82, 2.24) is 9.97 Å². The van der Waals surface area contributed by atoms with Gasteiger partial charge in [-0.3, -0.25) is 4.98 Å². The molecule has 78 valence electrons. The van der Waals surface area contributed by atoms with Gasteiger partial charge in [0.1, 0.15) is 5.82 Å². The van der Waals surface area contributed by atoms with Gasteiger partial charge in [-0.2, -0.15) is 0 Å². The Hall–Kier alpha value is -0.870. The van der Waals surface area contributed by atoms with Crippen LogP contribution in [0.25, 0.3) is 0 Å². The van der Waals surface area contributed by atoms with Gasteiger partial charge in [-0.05, 0) is 6.92 Å². The van der Waals surface area contributed by atoms with Crippen molar-refractivity contribution in [3.63, 3.8) is 0 Å². The molecule has 1 unspecified atom stereocenters. The van der Waals surface area contributed by atoms with E-state index in [1.165, 1.54) is 0 Å². The van der Waals surface area contributed by atoms with E-state index in [-0.39, 0.29) is 6.04 Å². The van der Waals surface area contributed by atoms with Gasteiger partial charge in [0.25, 0.3) is 0 Å². The van der Waals surface area contributed by atoms with E-state index in [4.69, 9.17) is 16.3 Å². The molecule has 1 aromatic heterocycles. The Balaban J connectivity index is 2.62. The molecule has 5 heteroatoms. The second-order valence-electron chi connectivity index (χ2n) is 2.94. The first kappa shape index (κ1) is 11.2. The molecule has 0 radical (unpaired) electrons. The van der Waals surface area contributed by atoms with E-state index in [9.17, 15) is 0 Å². The lowest BCUT2D eigenvalue weighted by atomic mass is 10.3. The fourth-order valence-electron chi connectivity index (χ4n) is 1.07. The molecule has 4 nitrogen and oxygen atoms in total. The lowest BCUT2D eigenvalue weighted by Crippen LogP contribution is -2.27. The van der Waals surface area contributed by atoms with E-state index in [2.05, 4.69) is 15.3 Å². The summed E-state index contributed by atoms with van der Waals surface area (Å²) in [7, 11) is 1.64. The summed E-state index contributed by atoms with van der Waals surface area (Å²) in [6, 6.07) is 0.0667. The fraction of sp³-hybridized carbons (Fsp3) is 0.556. The van der Waals surface area contributed by atoms with Crippen molar-refractivity contribution in [2.75, 3.05) is 24.9 Å². The average Bonchev–Trinajstić information content (AvgIpc) is 2.20. The van der Waals surface area contributed by atoms with Gasteiger partial charge in [0.05, 0.1) is 18.3 Å². The monoisotopic (exact) mass is 215 g/mol. The highest BCUT2D eigenvalue weighted by Crippen LogP contribution is 2.08. The van der Waals surface area contributed by atoms with Crippen LogP contribution in [-0.2, 0) is 4.74 Å². The molecule has 0 aliphatic carbocycles. The number of rotatable bonds is 5. The number of aryl methyl sites for hydroxylation is 1. The molecule has 1 N–H and O–H groups in total. The smallest absolute Gasteiger partial charge is 0.147 e. The van der Waals surface area contributed by atoms with E-state index in [1.54, 1.807) is 19.5 Å². The van der Waals surface area contributed by atoms with Gasteiger partial charge < -0.3 is 10.1 Å². The maximum Gasteiger partial charge on any atom is 0.147 e. The van der Waals surface area contributed by atoms with Crippen LogP contribution >= 0.6 is 11.6 Å². The number of nitrogens with zero attached hydrogens (tertiary/aromatic N) is 2. The van der Waals surface area contributed by atoms with Gasteiger partial charge >= 0.3 is 0 Å². The zero-order valence-corrected chi connectivity index (χ0v) is 9.08. The summed E-state index contributed by atoms with van der Waals surface area (Å²) < 4.78 is 5.01. The first-order chi connectivity index (χ1) is 6.77. The molecule has 0 saturated heterocycles. The van der Waals surface area contributed by atoms with Crippen LogP contribution in [-0.4, -0.2) is 35.6 Å². The van der Waals surface area contributed by atoms with Gasteiger partial charge in [0.15, 0.2) is 0 Å². The van der Waals surface area contributed by atoms with Crippen molar-refractivity contribution in [2.45, 2.75) is 13.0 Å². The molecular formula is C9H14ClN3O. The van der Waals surface area contributed by atoms with Gasteiger partial charge in [0.2, 0.25) is 0 Å². The van der Waals surface area contributed by atoms with Crippen LogP contribution in [0.1, 0.15) is 5.69 Å². The minimum Gasteiger partial charge on any atom is -0.383 e. The number of hydrogen-bond donors (Lipinski definition) is 1. The summed E-state index contributed by atoms with van der Waals surface area (Å²) in [6.45, 7) is 2.45. The standard InChI is InChI=1S/C9H14ClN3O/c1-7-9(12-4-3-11-7)13-8(5-10)6-14-2/h3-4,8H,5-6H2,1-2H3,(H,12,13). The summed E-state index contributed by atoms with van der Waals surface area (Å²) in [5.74, 6) is 1.24. The van der Waals surface area contributed by atoms with E-state index in [0.29, 0.717) is 12.5 Å². The number of hydrogen-bond acceptors (Lipinski definition) is 4. The summed E-state index contributed by atoms with van der Waals surface area (Å²) in [5.41, 5.74) is 0.860. The zero-order chi connectivity index (χ0) is 10.4. The van der Waals surface area contributed by atoms with E-state index >= 15 is 0 Å². The van der Waals surface area contributed by atoms with Crippen LogP contribution in [0, 0.1) is 6.92 Å². The van der Waals surface area contributed by atoms with Crippen molar-refractivity contribution >= 4 is 17.4 Å². The highest BCUT2D eigenvalue weighted by atomic mass is 35.5. The molecule has 0 amide bonds. The van der Waals surface area contributed by atoms with Crippen molar-refractivity contribution in [1.29, 1.82) is 0 Å². The van der Waals surface area contributed by atoms with E-state index < -0.39 is 0 Å². The normalized spacial score (nSPS) is 12.5. The number of anilines is 1. The SMILES string of the molecule is COCC(CCl)Nc1nccnc1C. The zero-order valence-electron chi connectivity index (χ0n) is 8.33. The molecule has 0 aromatic carbocycles. The van der Waals surface area contributed by atoms with Crippen molar-refractivity contribution in [3.8, 4) is 0 Å². The summed E-state index contributed by atoms with van der Waals surface area (Å²) in [5, 5.41) is 3.17. The second-order valence-corrected chi connectivity index (χ2v) is 3.25. The third-order valence-corrected chi connectivity index (χ3v) is 2.15. The lowest BCUT2D eigenvalue weighted by Gasteiger charge is -2.16. The largest absolute Gasteiger partial charge is 0.383 e. The highest BCUT2D eigenvalue weighted by Gasteiger charge is 2.08. The molecule has 1 rings (SSSR count). The minimum absolute atomic E-state index is 0.0667. The molecule has 0 aliphatic rings. The Morgan fingerprint density at radius 1 is 1.50 bits per heavy atom. The lowest BCUT2D eigenvalue weighted by molar-refractivity contribution is 0.191. The van der Waals surface area contributed by atoms with Crippen LogP contribution in [0.5, 0.6) is 0 Å². The molecule has 14 heavy (non-hydrogen) atoms. The number of halogens is 1. The molecule has 0 saturated carbocycles. The molecule has 0 fully saturated rings. The van der Waals surface area contributed by atoms with Crippen LogP contribution in [0.4, 0.5) is 5.82 Å². The Bertz CT molecular complexity index is 283. The second kappa shape index (κ2) is 5.78. The third-order valence-electron chi connectivity index (χ3n) is 1.78. The number of nitrogens with one attached hydrogen (secondary N) is 1. The van der Waals surface area contributed by atoms with Gasteiger partial charge in [-0.1, -0.05) is 0 Å². The molecule has 0 spiro atoms. The molecule has 1 aromatic rings. The third kappa shape index (κ3) is 3.12. The summed E-state index contributed by atoms with van der Waals surface area (Å²) in [6.07, 6.45) is 3.31. The van der Waals surface area contributed by atoms with E-state index in [1.807, 2.05) is 6.92 Å². The maximum atomic E-state index is 5.76. The average molecular weight is 216 g/mol. The molecule has 0 aliphatic heterocycles. The first-order valence-corrected chi connectivity index (χ1v) is 4.90. The van der Waals surface area contributed by atoms with Gasteiger partial charge in [-0.25, -0.2) is 4.98 Å². The Morgan fingerprint density at radius 2 is 2.21 bits per heavy atom. The Morgan fingerprint density at radius 3 is 2.79 bits per heavy atom. The van der Waals surface area contributed by atoms with Crippen LogP contribution in [0.3, 0.4) is 0 Å². The van der Waals surface area contributed by atoms with Gasteiger partial charge in [-0.15, -0.1) is 11.6 Å². The highest BCUT2D eigenvalue weighted by molar-refractivity contribution is 6.18. The Labute approximate surface area is 88.7 Å². The topological polar surface area (TPSA) is 47.0 Å². The number of methoxy groups -OCH3 is 1. The molecule has 0 bridgehead atoms. The number of aromatic nitrogens is 2. The van der Waals surface area contributed by atoms with Crippen LogP contribution < -0.4 is 5.32 Å². The quantitative estimate of drug-likeness (QED) is 0.756. The summed E-state index contributed by atoms with van der Waals surface area (Å²) in [4.78, 5) is 8.28. The molecular weight excluding hydrogens is 202 g/mol.